The Bertz CT molecular complexity index is 754. The van der Waals surface area contributed by atoms with Crippen LogP contribution in [-0.2, 0) is 11.2 Å². The first-order valence-electron chi connectivity index (χ1n) is 8.87. The van der Waals surface area contributed by atoms with Gasteiger partial charge in [-0.2, -0.15) is 0 Å². The van der Waals surface area contributed by atoms with Crippen LogP contribution in [0.2, 0.25) is 0 Å². The molecule has 0 unspecified atom stereocenters. The molecular weight excluding hydrogens is 328 g/mol. The fraction of sp³-hybridized carbons (Fsp3) is 0.333. The van der Waals surface area contributed by atoms with Crippen molar-refractivity contribution in [3.63, 3.8) is 0 Å². The van der Waals surface area contributed by atoms with Crippen LogP contribution in [0.4, 0.5) is 10.5 Å². The normalized spacial score (nSPS) is 10.3. The van der Waals surface area contributed by atoms with Gasteiger partial charge in [0, 0.05) is 17.8 Å². The molecule has 0 saturated heterocycles. The summed E-state index contributed by atoms with van der Waals surface area (Å²) in [7, 11) is 0. The molecule has 0 saturated carbocycles. The minimum Gasteiger partial charge on any atom is -0.450 e. The summed E-state index contributed by atoms with van der Waals surface area (Å²) in [5, 5.41) is 5.53. The van der Waals surface area contributed by atoms with E-state index in [4.69, 9.17) is 4.74 Å². The van der Waals surface area contributed by atoms with Crippen molar-refractivity contribution in [1.82, 2.24) is 5.32 Å². The summed E-state index contributed by atoms with van der Waals surface area (Å²) in [6.45, 7) is 6.88. The molecule has 2 amide bonds. The van der Waals surface area contributed by atoms with Gasteiger partial charge in [0.2, 0.25) is 0 Å². The van der Waals surface area contributed by atoms with Crippen molar-refractivity contribution in [2.45, 2.75) is 33.6 Å². The molecule has 138 valence electrons. The van der Waals surface area contributed by atoms with Crippen molar-refractivity contribution in [2.24, 2.45) is 0 Å². The number of aryl methyl sites for hydroxylation is 3. The van der Waals surface area contributed by atoms with Crippen LogP contribution < -0.4 is 10.6 Å². The first-order valence-corrected chi connectivity index (χ1v) is 8.87. The third-order valence-corrected chi connectivity index (χ3v) is 4.08. The average Bonchev–Trinajstić information content (AvgIpc) is 2.61. The van der Waals surface area contributed by atoms with Crippen molar-refractivity contribution in [1.29, 1.82) is 0 Å². The maximum Gasteiger partial charge on any atom is 0.411 e. The van der Waals surface area contributed by atoms with Crippen LogP contribution in [0.3, 0.4) is 0 Å². The lowest BCUT2D eigenvalue weighted by atomic mass is 10.0. The molecule has 2 aromatic carbocycles. The van der Waals surface area contributed by atoms with Crippen LogP contribution in [-0.4, -0.2) is 25.2 Å². The van der Waals surface area contributed by atoms with Gasteiger partial charge in [0.1, 0.15) is 0 Å². The van der Waals surface area contributed by atoms with Gasteiger partial charge in [0.25, 0.3) is 5.91 Å². The number of hydrogen-bond donors (Lipinski definition) is 2. The Balaban J connectivity index is 1.78. The van der Waals surface area contributed by atoms with Crippen molar-refractivity contribution < 1.29 is 14.3 Å². The SMILES string of the molecule is CCOC(=O)Nc1ccc(C(=O)NCCCc2ccc(C)cc2C)cc1. The van der Waals surface area contributed by atoms with Crippen LogP contribution in [0.15, 0.2) is 42.5 Å². The van der Waals surface area contributed by atoms with Gasteiger partial charge in [-0.05, 0) is 69.0 Å². The molecule has 0 aliphatic carbocycles. The zero-order valence-corrected chi connectivity index (χ0v) is 15.6. The summed E-state index contributed by atoms with van der Waals surface area (Å²) in [6, 6.07) is 13.2. The molecule has 0 atom stereocenters. The van der Waals surface area contributed by atoms with E-state index in [-0.39, 0.29) is 5.91 Å². The number of amides is 2. The summed E-state index contributed by atoms with van der Waals surface area (Å²) in [4.78, 5) is 23.5. The van der Waals surface area contributed by atoms with E-state index in [1.165, 1.54) is 16.7 Å². The van der Waals surface area contributed by atoms with Crippen LogP contribution in [0, 0.1) is 13.8 Å². The summed E-state index contributed by atoms with van der Waals surface area (Å²) in [6.07, 6.45) is 1.32. The number of ether oxygens (including phenoxy) is 1. The highest BCUT2D eigenvalue weighted by molar-refractivity contribution is 5.95. The Kier molecular flexibility index (Phi) is 7.21. The second-order valence-electron chi connectivity index (χ2n) is 6.21. The molecule has 0 aromatic heterocycles. The predicted molar refractivity (Wildman–Crippen MR) is 104 cm³/mol. The monoisotopic (exact) mass is 354 g/mol. The van der Waals surface area contributed by atoms with Gasteiger partial charge in [-0.25, -0.2) is 4.79 Å². The Morgan fingerprint density at radius 3 is 2.42 bits per heavy atom. The quantitative estimate of drug-likeness (QED) is 0.731. The highest BCUT2D eigenvalue weighted by atomic mass is 16.5. The molecule has 26 heavy (non-hydrogen) atoms. The Labute approximate surface area is 154 Å². The number of nitrogens with one attached hydrogen (secondary N) is 2. The number of rotatable bonds is 7. The molecule has 0 radical (unpaired) electrons. The minimum atomic E-state index is -0.504. The second-order valence-corrected chi connectivity index (χ2v) is 6.21. The highest BCUT2D eigenvalue weighted by Crippen LogP contribution is 2.13. The third kappa shape index (κ3) is 5.92. The van der Waals surface area contributed by atoms with Gasteiger partial charge in [-0.3, -0.25) is 10.1 Å². The van der Waals surface area contributed by atoms with Gasteiger partial charge in [-0.15, -0.1) is 0 Å². The molecular formula is C21H26N2O3. The lowest BCUT2D eigenvalue weighted by molar-refractivity contribution is 0.0953. The fourth-order valence-electron chi connectivity index (χ4n) is 2.70. The van der Waals surface area contributed by atoms with Crippen LogP contribution >= 0.6 is 0 Å². The summed E-state index contributed by atoms with van der Waals surface area (Å²) in [5.41, 5.74) is 5.03. The molecule has 0 aliphatic rings. The maximum atomic E-state index is 12.2. The van der Waals surface area contributed by atoms with E-state index in [1.54, 1.807) is 31.2 Å². The Hall–Kier alpha value is -2.82. The van der Waals surface area contributed by atoms with Crippen molar-refractivity contribution >= 4 is 17.7 Å². The molecule has 2 rings (SSSR count). The van der Waals surface area contributed by atoms with Crippen LogP contribution in [0.5, 0.6) is 0 Å². The largest absolute Gasteiger partial charge is 0.450 e. The molecule has 5 heteroatoms. The molecule has 0 heterocycles. The zero-order valence-electron chi connectivity index (χ0n) is 15.6. The zero-order chi connectivity index (χ0) is 18.9. The average molecular weight is 354 g/mol. The van der Waals surface area contributed by atoms with Gasteiger partial charge < -0.3 is 10.1 Å². The molecule has 0 spiro atoms. The van der Waals surface area contributed by atoms with Crippen molar-refractivity contribution in [3.05, 3.63) is 64.7 Å². The van der Waals surface area contributed by atoms with Gasteiger partial charge in [0.15, 0.2) is 0 Å². The third-order valence-electron chi connectivity index (χ3n) is 4.08. The first kappa shape index (κ1) is 19.5. The van der Waals surface area contributed by atoms with E-state index < -0.39 is 6.09 Å². The number of benzene rings is 2. The Morgan fingerprint density at radius 2 is 1.77 bits per heavy atom. The molecule has 0 fully saturated rings. The lowest BCUT2D eigenvalue weighted by Crippen LogP contribution is -2.24. The van der Waals surface area contributed by atoms with Gasteiger partial charge in [0.05, 0.1) is 6.61 Å². The van der Waals surface area contributed by atoms with Gasteiger partial charge >= 0.3 is 6.09 Å². The number of carbonyl (C=O) groups is 2. The lowest BCUT2D eigenvalue weighted by Gasteiger charge is -2.09. The highest BCUT2D eigenvalue weighted by Gasteiger charge is 2.07. The van der Waals surface area contributed by atoms with Crippen LogP contribution in [0.1, 0.15) is 40.4 Å². The van der Waals surface area contributed by atoms with E-state index in [0.29, 0.717) is 24.4 Å². The van der Waals surface area contributed by atoms with E-state index in [0.717, 1.165) is 12.8 Å². The van der Waals surface area contributed by atoms with Crippen molar-refractivity contribution in [2.75, 3.05) is 18.5 Å². The van der Waals surface area contributed by atoms with E-state index in [1.807, 2.05) is 0 Å². The fourth-order valence-corrected chi connectivity index (χ4v) is 2.70. The van der Waals surface area contributed by atoms with E-state index >= 15 is 0 Å². The summed E-state index contributed by atoms with van der Waals surface area (Å²) in [5.74, 6) is -0.117. The van der Waals surface area contributed by atoms with Gasteiger partial charge in [-0.1, -0.05) is 23.8 Å². The van der Waals surface area contributed by atoms with E-state index in [9.17, 15) is 9.59 Å². The summed E-state index contributed by atoms with van der Waals surface area (Å²) < 4.78 is 4.81. The molecule has 2 N–H and O–H groups in total. The molecule has 0 bridgehead atoms. The number of anilines is 1. The number of hydrogen-bond acceptors (Lipinski definition) is 3. The summed E-state index contributed by atoms with van der Waals surface area (Å²) >= 11 is 0. The predicted octanol–water partition coefficient (Wildman–Crippen LogP) is 4.23. The maximum absolute atomic E-state index is 12.2. The minimum absolute atomic E-state index is 0.117. The first-order chi connectivity index (χ1) is 12.5. The van der Waals surface area contributed by atoms with E-state index in [2.05, 4.69) is 42.7 Å². The molecule has 2 aromatic rings. The molecule has 0 aliphatic heterocycles. The smallest absolute Gasteiger partial charge is 0.411 e. The van der Waals surface area contributed by atoms with Crippen molar-refractivity contribution in [3.8, 4) is 0 Å². The number of carbonyl (C=O) groups excluding carboxylic acids is 2. The molecule has 5 nitrogen and oxygen atoms in total. The van der Waals surface area contributed by atoms with Crippen LogP contribution in [0.25, 0.3) is 0 Å². The standard InChI is InChI=1S/C21H26N2O3/c1-4-26-21(25)23-19-11-9-18(10-12-19)20(24)22-13-5-6-17-8-7-15(2)14-16(17)3/h7-12,14H,4-6,13H2,1-3H3,(H,22,24)(H,23,25). The second kappa shape index (κ2) is 9.61. The Morgan fingerprint density at radius 1 is 1.04 bits per heavy atom. The topological polar surface area (TPSA) is 67.4 Å².